The van der Waals surface area contributed by atoms with Gasteiger partial charge in [-0.05, 0) is 54.3 Å². The molecule has 1 N–H and O–H groups in total. The van der Waals surface area contributed by atoms with Gasteiger partial charge in [-0.3, -0.25) is 9.59 Å². The van der Waals surface area contributed by atoms with Crippen LogP contribution in [0.3, 0.4) is 0 Å². The smallest absolute Gasteiger partial charge is 0.240 e. The maximum atomic E-state index is 12.5. The Morgan fingerprint density at radius 2 is 1.93 bits per heavy atom. The molecule has 6 heteroatoms. The predicted molar refractivity (Wildman–Crippen MR) is 105 cm³/mol. The third kappa shape index (κ3) is 4.94. The summed E-state index contributed by atoms with van der Waals surface area (Å²) in [5.74, 6) is 0.448. The molecule has 6 nitrogen and oxygen atoms in total. The van der Waals surface area contributed by atoms with E-state index in [-0.39, 0.29) is 24.7 Å². The summed E-state index contributed by atoms with van der Waals surface area (Å²) in [4.78, 5) is 26.3. The van der Waals surface area contributed by atoms with Crippen LogP contribution in [0.1, 0.15) is 30.4 Å². The lowest BCUT2D eigenvalue weighted by molar-refractivity contribution is -0.125. The summed E-state index contributed by atoms with van der Waals surface area (Å²) in [5, 5.41) is 3.93. The number of ether oxygens (including phenoxy) is 1. The number of nitrogens with zero attached hydrogens (tertiary/aromatic N) is 2. The largest absolute Gasteiger partial charge is 0.497 e. The van der Waals surface area contributed by atoms with E-state index in [1.807, 2.05) is 42.5 Å². The Labute approximate surface area is 158 Å². The SMILES string of the molecule is COc1ccc(C=NNC(=O)CCC(=O)N2CCCc3ccccc32)cc1. The fraction of sp³-hybridized carbons (Fsp3) is 0.286. The Morgan fingerprint density at radius 3 is 2.70 bits per heavy atom. The molecule has 2 aromatic carbocycles. The number of anilines is 1. The van der Waals surface area contributed by atoms with E-state index in [1.54, 1.807) is 18.2 Å². The minimum Gasteiger partial charge on any atom is -0.497 e. The number of nitrogens with one attached hydrogen (secondary N) is 1. The van der Waals surface area contributed by atoms with E-state index >= 15 is 0 Å². The van der Waals surface area contributed by atoms with Gasteiger partial charge < -0.3 is 9.64 Å². The van der Waals surface area contributed by atoms with Crippen molar-refractivity contribution in [2.45, 2.75) is 25.7 Å². The summed E-state index contributed by atoms with van der Waals surface area (Å²) in [5.41, 5.74) is 5.46. The number of hydrogen-bond donors (Lipinski definition) is 1. The zero-order valence-corrected chi connectivity index (χ0v) is 15.4. The van der Waals surface area contributed by atoms with Crippen molar-refractivity contribution in [1.82, 2.24) is 5.43 Å². The van der Waals surface area contributed by atoms with Gasteiger partial charge in [-0.25, -0.2) is 5.43 Å². The second kappa shape index (κ2) is 8.98. The van der Waals surface area contributed by atoms with Gasteiger partial charge in [0.1, 0.15) is 5.75 Å². The molecule has 1 heterocycles. The van der Waals surface area contributed by atoms with Crippen LogP contribution in [-0.2, 0) is 16.0 Å². The van der Waals surface area contributed by atoms with Gasteiger partial charge in [0.25, 0.3) is 0 Å². The van der Waals surface area contributed by atoms with E-state index in [1.165, 1.54) is 5.56 Å². The van der Waals surface area contributed by atoms with Gasteiger partial charge in [0.2, 0.25) is 11.8 Å². The molecule has 0 aliphatic carbocycles. The molecule has 0 saturated heterocycles. The number of aryl methyl sites for hydroxylation is 1. The topological polar surface area (TPSA) is 71.0 Å². The predicted octanol–water partition coefficient (Wildman–Crippen LogP) is 2.90. The molecular weight excluding hydrogens is 342 g/mol. The number of hydrazone groups is 1. The summed E-state index contributed by atoms with van der Waals surface area (Å²) in [6.45, 7) is 0.701. The van der Waals surface area contributed by atoms with E-state index in [2.05, 4.69) is 16.6 Å². The van der Waals surface area contributed by atoms with Crippen molar-refractivity contribution in [1.29, 1.82) is 0 Å². The second-order valence-electron chi connectivity index (χ2n) is 6.34. The first-order valence-corrected chi connectivity index (χ1v) is 9.01. The van der Waals surface area contributed by atoms with E-state index < -0.39 is 0 Å². The Kier molecular flexibility index (Phi) is 6.20. The summed E-state index contributed by atoms with van der Waals surface area (Å²) in [6.07, 6.45) is 3.76. The maximum absolute atomic E-state index is 12.5. The van der Waals surface area contributed by atoms with Gasteiger partial charge in [-0.15, -0.1) is 0 Å². The number of fused-ring (bicyclic) bond motifs is 1. The average molecular weight is 365 g/mol. The number of hydrogen-bond acceptors (Lipinski definition) is 4. The van der Waals surface area contributed by atoms with Gasteiger partial charge in [0, 0.05) is 25.1 Å². The van der Waals surface area contributed by atoms with Crippen LogP contribution in [0.5, 0.6) is 5.75 Å². The molecule has 2 amide bonds. The standard InChI is InChI=1S/C21H23N3O3/c1-27-18-10-8-16(9-11-18)15-22-23-20(25)12-13-21(26)24-14-4-6-17-5-2-3-7-19(17)24/h2-3,5,7-11,15H,4,6,12-14H2,1H3,(H,23,25). The van der Waals surface area contributed by atoms with Gasteiger partial charge in [-0.1, -0.05) is 18.2 Å². The van der Waals surface area contributed by atoms with Crippen LogP contribution >= 0.6 is 0 Å². The molecule has 0 radical (unpaired) electrons. The number of carbonyl (C=O) groups is 2. The molecular formula is C21H23N3O3. The zero-order valence-electron chi connectivity index (χ0n) is 15.4. The molecule has 27 heavy (non-hydrogen) atoms. The summed E-state index contributed by atoms with van der Waals surface area (Å²) < 4.78 is 5.09. The summed E-state index contributed by atoms with van der Waals surface area (Å²) in [6, 6.07) is 15.3. The highest BCUT2D eigenvalue weighted by Gasteiger charge is 2.22. The minimum absolute atomic E-state index is 0.0311. The normalized spacial score (nSPS) is 13.3. The van der Waals surface area contributed by atoms with E-state index in [4.69, 9.17) is 4.74 Å². The number of amides is 2. The molecule has 2 aromatic rings. The highest BCUT2D eigenvalue weighted by Crippen LogP contribution is 2.27. The fourth-order valence-electron chi connectivity index (χ4n) is 3.07. The molecule has 0 fully saturated rings. The monoisotopic (exact) mass is 365 g/mol. The zero-order chi connectivity index (χ0) is 19.1. The molecule has 0 atom stereocenters. The second-order valence-corrected chi connectivity index (χ2v) is 6.34. The molecule has 0 unspecified atom stereocenters. The van der Waals surface area contributed by atoms with Gasteiger partial charge in [0.15, 0.2) is 0 Å². The fourth-order valence-corrected chi connectivity index (χ4v) is 3.07. The van der Waals surface area contributed by atoms with Crippen LogP contribution in [0.2, 0.25) is 0 Å². The van der Waals surface area contributed by atoms with Crippen molar-refractivity contribution in [3.63, 3.8) is 0 Å². The number of benzene rings is 2. The Bertz CT molecular complexity index is 831. The van der Waals surface area contributed by atoms with Crippen molar-refractivity contribution < 1.29 is 14.3 Å². The Balaban J connectivity index is 1.47. The lowest BCUT2D eigenvalue weighted by atomic mass is 10.0. The van der Waals surface area contributed by atoms with E-state index in [9.17, 15) is 9.59 Å². The number of rotatable bonds is 6. The quantitative estimate of drug-likeness (QED) is 0.632. The van der Waals surface area contributed by atoms with Crippen LogP contribution in [0.4, 0.5) is 5.69 Å². The Morgan fingerprint density at radius 1 is 1.15 bits per heavy atom. The molecule has 140 valence electrons. The highest BCUT2D eigenvalue weighted by molar-refractivity contribution is 5.96. The first-order valence-electron chi connectivity index (χ1n) is 9.01. The molecule has 0 bridgehead atoms. The van der Waals surface area contributed by atoms with Crippen molar-refractivity contribution in [3.05, 3.63) is 59.7 Å². The van der Waals surface area contributed by atoms with Gasteiger partial charge >= 0.3 is 0 Å². The van der Waals surface area contributed by atoms with Crippen molar-refractivity contribution >= 4 is 23.7 Å². The molecule has 1 aliphatic heterocycles. The number of para-hydroxylation sites is 1. The third-order valence-corrected chi connectivity index (χ3v) is 4.50. The minimum atomic E-state index is -0.279. The van der Waals surface area contributed by atoms with Crippen LogP contribution in [0.15, 0.2) is 53.6 Å². The van der Waals surface area contributed by atoms with E-state index in [0.29, 0.717) is 6.54 Å². The van der Waals surface area contributed by atoms with E-state index in [0.717, 1.165) is 29.8 Å². The lowest BCUT2D eigenvalue weighted by Gasteiger charge is -2.29. The molecule has 0 spiro atoms. The first kappa shape index (κ1) is 18.6. The Hall–Kier alpha value is -3.15. The molecule has 3 rings (SSSR count). The summed E-state index contributed by atoms with van der Waals surface area (Å²) in [7, 11) is 1.60. The van der Waals surface area contributed by atoms with Crippen LogP contribution < -0.4 is 15.1 Å². The third-order valence-electron chi connectivity index (χ3n) is 4.50. The first-order chi connectivity index (χ1) is 13.2. The average Bonchev–Trinajstić information content (AvgIpc) is 2.72. The number of carbonyl (C=O) groups excluding carboxylic acids is 2. The van der Waals surface area contributed by atoms with Crippen LogP contribution in [-0.4, -0.2) is 31.7 Å². The molecule has 0 aromatic heterocycles. The summed E-state index contributed by atoms with van der Waals surface area (Å²) >= 11 is 0. The number of methoxy groups -OCH3 is 1. The maximum Gasteiger partial charge on any atom is 0.240 e. The lowest BCUT2D eigenvalue weighted by Crippen LogP contribution is -2.36. The van der Waals surface area contributed by atoms with Gasteiger partial charge in [0.05, 0.1) is 13.3 Å². The van der Waals surface area contributed by atoms with Crippen molar-refractivity contribution in [3.8, 4) is 5.75 Å². The molecule has 1 aliphatic rings. The van der Waals surface area contributed by atoms with Crippen molar-refractivity contribution in [2.75, 3.05) is 18.6 Å². The van der Waals surface area contributed by atoms with Crippen LogP contribution in [0.25, 0.3) is 0 Å². The van der Waals surface area contributed by atoms with Crippen molar-refractivity contribution in [2.24, 2.45) is 5.10 Å². The molecule has 0 saturated carbocycles. The highest BCUT2D eigenvalue weighted by atomic mass is 16.5. The van der Waals surface area contributed by atoms with Gasteiger partial charge in [-0.2, -0.15) is 5.10 Å². The van der Waals surface area contributed by atoms with Crippen LogP contribution in [0, 0.1) is 0 Å².